The molecule has 0 aliphatic carbocycles. The smallest absolute Gasteiger partial charge is 0.138 e. The number of piperidine rings is 3. The van der Waals surface area contributed by atoms with E-state index in [-0.39, 0.29) is 0 Å². The van der Waals surface area contributed by atoms with Gasteiger partial charge in [0.2, 0.25) is 0 Å². The van der Waals surface area contributed by atoms with Crippen molar-refractivity contribution in [2.24, 2.45) is 5.92 Å². The molecule has 2 aromatic carbocycles. The fraction of sp³-hybridized carbons (Fsp3) is 0.429. The molecule has 25 heavy (non-hydrogen) atoms. The maximum Gasteiger partial charge on any atom is 0.138 e. The summed E-state index contributed by atoms with van der Waals surface area (Å²) in [5.74, 6) is 1.59. The van der Waals surface area contributed by atoms with Crippen LogP contribution in [0.4, 0.5) is 0 Å². The summed E-state index contributed by atoms with van der Waals surface area (Å²) in [7, 11) is 0. The molecule has 2 bridgehead atoms. The molecule has 0 aromatic heterocycles. The number of ether oxygens (including phenoxy) is 1. The van der Waals surface area contributed by atoms with Crippen molar-refractivity contribution in [2.45, 2.75) is 32.0 Å². The van der Waals surface area contributed by atoms with E-state index in [1.807, 2.05) is 30.3 Å². The molecule has 2 aromatic rings. The number of nitrogens with one attached hydrogen (secondary N) is 1. The van der Waals surface area contributed by atoms with Gasteiger partial charge in [-0.2, -0.15) is 0 Å². The molecule has 0 spiro atoms. The average Bonchev–Trinajstić information content (AvgIpc) is 2.67. The third-order valence-corrected chi connectivity index (χ3v) is 5.75. The maximum absolute atomic E-state index is 6.42. The van der Waals surface area contributed by atoms with E-state index in [0.29, 0.717) is 17.7 Å². The number of fused-ring (bicyclic) bond motifs is 3. The van der Waals surface area contributed by atoms with Gasteiger partial charge in [0.25, 0.3) is 0 Å². The molecular formula is C21H25ClN2O. The lowest BCUT2D eigenvalue weighted by atomic mass is 9.84. The second-order valence-electron chi connectivity index (χ2n) is 7.16. The van der Waals surface area contributed by atoms with E-state index in [9.17, 15) is 0 Å². The van der Waals surface area contributed by atoms with Gasteiger partial charge in [0.05, 0.1) is 5.02 Å². The summed E-state index contributed by atoms with van der Waals surface area (Å²) in [5, 5.41) is 4.42. The van der Waals surface area contributed by atoms with Crippen LogP contribution in [0.1, 0.15) is 24.0 Å². The Hall–Kier alpha value is -1.55. The highest BCUT2D eigenvalue weighted by Crippen LogP contribution is 2.29. The summed E-state index contributed by atoms with van der Waals surface area (Å²) in [5.41, 5.74) is 2.36. The lowest BCUT2D eigenvalue weighted by molar-refractivity contribution is 0.0720. The van der Waals surface area contributed by atoms with E-state index in [4.69, 9.17) is 16.3 Å². The summed E-state index contributed by atoms with van der Waals surface area (Å²) < 4.78 is 5.85. The summed E-state index contributed by atoms with van der Waals surface area (Å²) >= 11 is 6.42. The van der Waals surface area contributed by atoms with Gasteiger partial charge < -0.3 is 15.0 Å². The van der Waals surface area contributed by atoms with Gasteiger partial charge in [-0.05, 0) is 55.1 Å². The maximum atomic E-state index is 6.42. The van der Waals surface area contributed by atoms with Crippen LogP contribution in [-0.4, -0.2) is 30.6 Å². The van der Waals surface area contributed by atoms with Crippen molar-refractivity contribution in [2.75, 3.05) is 19.6 Å². The highest BCUT2D eigenvalue weighted by atomic mass is 35.5. The molecule has 4 heteroatoms. The third kappa shape index (κ3) is 4.17. The number of benzene rings is 2. The lowest BCUT2D eigenvalue weighted by Crippen LogP contribution is -2.55. The van der Waals surface area contributed by atoms with E-state index in [1.165, 1.54) is 38.0 Å². The van der Waals surface area contributed by atoms with Crippen molar-refractivity contribution in [1.29, 1.82) is 0 Å². The summed E-state index contributed by atoms with van der Waals surface area (Å²) in [6, 6.07) is 16.9. The monoisotopic (exact) mass is 356 g/mol. The Kier molecular flexibility index (Phi) is 5.25. The number of hydrogen-bond donors (Lipinski definition) is 1. The Morgan fingerprint density at radius 2 is 1.84 bits per heavy atom. The van der Waals surface area contributed by atoms with E-state index in [0.717, 1.165) is 23.8 Å². The van der Waals surface area contributed by atoms with Crippen LogP contribution < -0.4 is 10.1 Å². The number of nitrogens with zero attached hydrogens (tertiary/aromatic N) is 1. The van der Waals surface area contributed by atoms with Crippen LogP contribution in [-0.2, 0) is 13.2 Å². The SMILES string of the molecule is Clc1cc(CNC2CN3CCC2CC3)ccc1OCc1ccccc1. The quantitative estimate of drug-likeness (QED) is 0.843. The standard InChI is InChI=1S/C21H25ClN2O/c22-19-12-17(13-23-20-14-24-10-8-18(20)9-11-24)6-7-21(19)25-15-16-4-2-1-3-5-16/h1-7,12,18,20,23H,8-11,13-15H2. The number of halogens is 1. The van der Waals surface area contributed by atoms with E-state index in [1.54, 1.807) is 0 Å². The molecule has 0 radical (unpaired) electrons. The first-order valence-electron chi connectivity index (χ1n) is 9.19. The van der Waals surface area contributed by atoms with E-state index in [2.05, 4.69) is 28.4 Å². The zero-order chi connectivity index (χ0) is 17.1. The van der Waals surface area contributed by atoms with Crippen molar-refractivity contribution >= 4 is 11.6 Å². The molecule has 5 rings (SSSR count). The molecule has 132 valence electrons. The van der Waals surface area contributed by atoms with Gasteiger partial charge in [-0.25, -0.2) is 0 Å². The van der Waals surface area contributed by atoms with Crippen LogP contribution in [0.15, 0.2) is 48.5 Å². The highest BCUT2D eigenvalue weighted by molar-refractivity contribution is 6.32. The molecule has 3 fully saturated rings. The third-order valence-electron chi connectivity index (χ3n) is 5.46. The Labute approximate surface area is 154 Å². The minimum atomic E-state index is 0.539. The minimum absolute atomic E-state index is 0.539. The van der Waals surface area contributed by atoms with Crippen molar-refractivity contribution in [3.8, 4) is 5.75 Å². The molecule has 1 N–H and O–H groups in total. The van der Waals surface area contributed by atoms with Crippen LogP contribution in [0, 0.1) is 5.92 Å². The average molecular weight is 357 g/mol. The van der Waals surface area contributed by atoms with Gasteiger partial charge in [-0.15, -0.1) is 0 Å². The molecule has 1 unspecified atom stereocenters. The largest absolute Gasteiger partial charge is 0.487 e. The zero-order valence-electron chi connectivity index (χ0n) is 14.5. The summed E-state index contributed by atoms with van der Waals surface area (Å²) in [4.78, 5) is 2.57. The Morgan fingerprint density at radius 3 is 2.52 bits per heavy atom. The van der Waals surface area contributed by atoms with Crippen molar-refractivity contribution in [3.63, 3.8) is 0 Å². The molecule has 1 atom stereocenters. The molecule has 3 saturated heterocycles. The first kappa shape index (κ1) is 16.9. The van der Waals surface area contributed by atoms with E-state index >= 15 is 0 Å². The van der Waals surface area contributed by atoms with Gasteiger partial charge in [-0.1, -0.05) is 48.0 Å². The second-order valence-corrected chi connectivity index (χ2v) is 7.57. The Morgan fingerprint density at radius 1 is 1.04 bits per heavy atom. The van der Waals surface area contributed by atoms with Gasteiger partial charge in [0.15, 0.2) is 0 Å². The lowest BCUT2D eigenvalue weighted by Gasteiger charge is -2.45. The first-order valence-corrected chi connectivity index (χ1v) is 9.56. The van der Waals surface area contributed by atoms with Gasteiger partial charge >= 0.3 is 0 Å². The molecule has 3 aliphatic heterocycles. The normalized spacial score (nSPS) is 25.1. The molecular weight excluding hydrogens is 332 g/mol. The molecule has 3 nitrogen and oxygen atoms in total. The topological polar surface area (TPSA) is 24.5 Å². The highest BCUT2D eigenvalue weighted by Gasteiger charge is 2.33. The fourth-order valence-corrected chi connectivity index (χ4v) is 4.21. The van der Waals surface area contributed by atoms with Crippen LogP contribution >= 0.6 is 11.6 Å². The van der Waals surface area contributed by atoms with Crippen LogP contribution in [0.2, 0.25) is 5.02 Å². The molecule has 3 aliphatic rings. The Balaban J connectivity index is 1.32. The minimum Gasteiger partial charge on any atom is -0.487 e. The van der Waals surface area contributed by atoms with Gasteiger partial charge in [0.1, 0.15) is 12.4 Å². The predicted octanol–water partition coefficient (Wildman–Crippen LogP) is 4.10. The van der Waals surface area contributed by atoms with Crippen LogP contribution in [0.5, 0.6) is 5.75 Å². The van der Waals surface area contributed by atoms with E-state index < -0.39 is 0 Å². The zero-order valence-corrected chi connectivity index (χ0v) is 15.2. The molecule has 3 heterocycles. The molecule has 0 saturated carbocycles. The summed E-state index contributed by atoms with van der Waals surface area (Å²) in [6.45, 7) is 5.16. The summed E-state index contributed by atoms with van der Waals surface area (Å²) in [6.07, 6.45) is 2.68. The fourth-order valence-electron chi connectivity index (χ4n) is 3.95. The van der Waals surface area contributed by atoms with Crippen molar-refractivity contribution in [3.05, 3.63) is 64.7 Å². The second kappa shape index (κ2) is 7.77. The van der Waals surface area contributed by atoms with Gasteiger partial charge in [-0.3, -0.25) is 0 Å². The van der Waals surface area contributed by atoms with Crippen molar-refractivity contribution in [1.82, 2.24) is 10.2 Å². The number of rotatable bonds is 6. The Bertz CT molecular complexity index is 698. The van der Waals surface area contributed by atoms with Gasteiger partial charge in [0, 0.05) is 19.1 Å². The molecule has 0 amide bonds. The van der Waals surface area contributed by atoms with Crippen molar-refractivity contribution < 1.29 is 4.74 Å². The van der Waals surface area contributed by atoms with Crippen LogP contribution in [0.25, 0.3) is 0 Å². The predicted molar refractivity (Wildman–Crippen MR) is 102 cm³/mol. The number of hydrogen-bond acceptors (Lipinski definition) is 3. The van der Waals surface area contributed by atoms with Crippen LogP contribution in [0.3, 0.4) is 0 Å². The first-order chi connectivity index (χ1) is 12.3.